The van der Waals surface area contributed by atoms with Crippen molar-refractivity contribution in [2.75, 3.05) is 0 Å². The zero-order valence-corrected chi connectivity index (χ0v) is 17.5. The number of carbonyl (C=O) groups is 2. The lowest BCUT2D eigenvalue weighted by molar-refractivity contribution is -0.111. The van der Waals surface area contributed by atoms with E-state index in [9.17, 15) is 9.59 Å². The van der Waals surface area contributed by atoms with E-state index in [-0.39, 0.29) is 6.04 Å². The maximum absolute atomic E-state index is 12.7. The molecule has 0 saturated carbocycles. The number of hydrogen-bond donors (Lipinski definition) is 0. The van der Waals surface area contributed by atoms with Gasteiger partial charge in [0.1, 0.15) is 18.6 Å². The average Bonchev–Trinajstić information content (AvgIpc) is 2.87. The quantitative estimate of drug-likeness (QED) is 0.360. The van der Waals surface area contributed by atoms with Crippen LogP contribution in [-0.2, 0) is 10.2 Å². The Morgan fingerprint density at radius 3 is 2.25 bits per heavy atom. The summed E-state index contributed by atoms with van der Waals surface area (Å²) >= 11 is 0. The number of rotatable bonds is 5. The van der Waals surface area contributed by atoms with Crippen LogP contribution >= 0.6 is 0 Å². The van der Waals surface area contributed by atoms with Crippen LogP contribution in [0, 0.1) is 0 Å². The molecule has 0 amide bonds. The minimum absolute atomic E-state index is 0.111. The van der Waals surface area contributed by atoms with Crippen LogP contribution in [0.5, 0.6) is 0 Å². The highest BCUT2D eigenvalue weighted by molar-refractivity contribution is 5.87. The summed E-state index contributed by atoms with van der Waals surface area (Å²) in [5.41, 5.74) is 4.20. The van der Waals surface area contributed by atoms with Crippen molar-refractivity contribution in [2.24, 2.45) is 10.2 Å². The molecule has 0 spiro atoms. The molecule has 0 aromatic heterocycles. The molecule has 0 bridgehead atoms. The van der Waals surface area contributed by atoms with Crippen LogP contribution in [0.1, 0.15) is 56.7 Å². The number of fused-ring (bicyclic) bond motifs is 2. The van der Waals surface area contributed by atoms with Crippen molar-refractivity contribution in [3.05, 3.63) is 118 Å². The van der Waals surface area contributed by atoms with Crippen LogP contribution < -0.4 is 0 Å². The number of aldehydes is 2. The maximum Gasteiger partial charge on any atom is 0.150 e. The normalized spacial score (nSPS) is 23.5. The van der Waals surface area contributed by atoms with E-state index >= 15 is 0 Å². The first-order valence-electron chi connectivity index (χ1n) is 10.7. The Morgan fingerprint density at radius 1 is 0.781 bits per heavy atom. The molecule has 3 aromatic rings. The van der Waals surface area contributed by atoms with Crippen molar-refractivity contribution >= 4 is 24.7 Å². The summed E-state index contributed by atoms with van der Waals surface area (Å²) in [7, 11) is 0. The Kier molecular flexibility index (Phi) is 5.20. The average molecular weight is 418 g/mol. The summed E-state index contributed by atoms with van der Waals surface area (Å²) < 4.78 is 0. The molecule has 0 fully saturated rings. The third-order valence-corrected chi connectivity index (χ3v) is 6.36. The van der Waals surface area contributed by atoms with Gasteiger partial charge in [-0.1, -0.05) is 97.1 Å². The number of nitrogens with zero attached hydrogens (tertiary/aromatic N) is 2. The van der Waals surface area contributed by atoms with Crippen LogP contribution in [0.3, 0.4) is 0 Å². The van der Waals surface area contributed by atoms with Gasteiger partial charge in [-0.05, 0) is 34.2 Å². The fourth-order valence-corrected chi connectivity index (χ4v) is 4.72. The molecule has 3 unspecified atom stereocenters. The van der Waals surface area contributed by atoms with Crippen molar-refractivity contribution in [1.29, 1.82) is 0 Å². The molecule has 2 aliphatic rings. The number of azo groups is 1. The lowest BCUT2D eigenvalue weighted by atomic mass is 9.68. The first-order valence-corrected chi connectivity index (χ1v) is 10.7. The maximum atomic E-state index is 12.7. The molecule has 156 valence electrons. The molecular weight excluding hydrogens is 396 g/mol. The van der Waals surface area contributed by atoms with Gasteiger partial charge in [0.05, 0.1) is 11.5 Å². The zero-order valence-electron chi connectivity index (χ0n) is 17.5. The van der Waals surface area contributed by atoms with Gasteiger partial charge < -0.3 is 4.79 Å². The van der Waals surface area contributed by atoms with Gasteiger partial charge in [0.15, 0.2) is 0 Å². The Morgan fingerprint density at radius 2 is 1.47 bits per heavy atom. The van der Waals surface area contributed by atoms with E-state index in [0.29, 0.717) is 11.1 Å². The van der Waals surface area contributed by atoms with Crippen molar-refractivity contribution < 1.29 is 9.59 Å². The minimum atomic E-state index is -1.11. The van der Waals surface area contributed by atoms with Gasteiger partial charge in [0, 0.05) is 5.56 Å². The highest BCUT2D eigenvalue weighted by atomic mass is 16.1. The Bertz CT molecular complexity index is 1270. The monoisotopic (exact) mass is 418 g/mol. The van der Waals surface area contributed by atoms with Gasteiger partial charge in [-0.2, -0.15) is 10.2 Å². The predicted molar refractivity (Wildman–Crippen MR) is 125 cm³/mol. The van der Waals surface area contributed by atoms with Crippen LogP contribution in [-0.4, -0.2) is 12.6 Å². The minimum Gasteiger partial charge on any atom is -0.302 e. The van der Waals surface area contributed by atoms with Crippen molar-refractivity contribution in [1.82, 2.24) is 0 Å². The fraction of sp³-hybridized carbons (Fsp3) is 0.143. The highest BCUT2D eigenvalue weighted by Crippen LogP contribution is 2.47. The molecule has 32 heavy (non-hydrogen) atoms. The van der Waals surface area contributed by atoms with E-state index in [1.807, 2.05) is 60.7 Å². The molecule has 5 rings (SSSR count). The molecule has 2 aliphatic carbocycles. The fourth-order valence-electron chi connectivity index (χ4n) is 4.72. The molecule has 0 heterocycles. The van der Waals surface area contributed by atoms with E-state index in [0.717, 1.165) is 41.2 Å². The van der Waals surface area contributed by atoms with Crippen LogP contribution in [0.2, 0.25) is 0 Å². The summed E-state index contributed by atoms with van der Waals surface area (Å²) in [4.78, 5) is 24.6. The molecule has 0 N–H and O–H groups in total. The molecule has 3 aromatic carbocycles. The van der Waals surface area contributed by atoms with Gasteiger partial charge >= 0.3 is 0 Å². The van der Waals surface area contributed by atoms with Gasteiger partial charge in [0.2, 0.25) is 0 Å². The summed E-state index contributed by atoms with van der Waals surface area (Å²) in [6.45, 7) is 0. The lowest BCUT2D eigenvalue weighted by Gasteiger charge is -2.36. The summed E-state index contributed by atoms with van der Waals surface area (Å²) in [6, 6.07) is 22.6. The summed E-state index contributed by atoms with van der Waals surface area (Å²) in [6.07, 6.45) is 10.5. The van der Waals surface area contributed by atoms with E-state index in [1.54, 1.807) is 12.1 Å². The molecule has 0 saturated heterocycles. The first-order chi connectivity index (χ1) is 15.8. The van der Waals surface area contributed by atoms with E-state index in [4.69, 9.17) is 10.2 Å². The second-order valence-corrected chi connectivity index (χ2v) is 8.13. The second kappa shape index (κ2) is 8.31. The smallest absolute Gasteiger partial charge is 0.150 e. The largest absolute Gasteiger partial charge is 0.302 e. The number of hydrogen-bond acceptors (Lipinski definition) is 4. The Labute approximate surface area is 187 Å². The van der Waals surface area contributed by atoms with Crippen LogP contribution in [0.4, 0.5) is 0 Å². The predicted octanol–water partition coefficient (Wildman–Crippen LogP) is 6.31. The molecule has 0 radical (unpaired) electrons. The topological polar surface area (TPSA) is 58.9 Å². The Hall–Kier alpha value is -3.92. The van der Waals surface area contributed by atoms with Gasteiger partial charge in [0.25, 0.3) is 0 Å². The highest BCUT2D eigenvalue weighted by Gasteiger charge is 2.44. The van der Waals surface area contributed by atoms with Crippen molar-refractivity contribution in [3.63, 3.8) is 0 Å². The SMILES string of the molecule is O=Cc1ccccc1C1(C=O)C=Cc2ccccc2C1N=NC1CC=Cc2ccccc21. The van der Waals surface area contributed by atoms with Crippen LogP contribution in [0.25, 0.3) is 12.2 Å². The van der Waals surface area contributed by atoms with Crippen molar-refractivity contribution in [2.45, 2.75) is 23.9 Å². The molecule has 4 heteroatoms. The van der Waals surface area contributed by atoms with E-state index in [2.05, 4.69) is 24.3 Å². The van der Waals surface area contributed by atoms with Gasteiger partial charge in [-0.25, -0.2) is 0 Å². The molecular formula is C28H22N2O2. The second-order valence-electron chi connectivity index (χ2n) is 8.13. The third-order valence-electron chi connectivity index (χ3n) is 6.36. The number of carbonyl (C=O) groups excluding carboxylic acids is 2. The van der Waals surface area contributed by atoms with E-state index < -0.39 is 11.5 Å². The number of benzene rings is 3. The molecule has 4 nitrogen and oxygen atoms in total. The van der Waals surface area contributed by atoms with Gasteiger partial charge in [-0.3, -0.25) is 4.79 Å². The van der Waals surface area contributed by atoms with E-state index in [1.165, 1.54) is 0 Å². The van der Waals surface area contributed by atoms with Gasteiger partial charge in [-0.15, -0.1) is 0 Å². The molecule has 0 aliphatic heterocycles. The zero-order chi connectivity index (χ0) is 22.0. The third kappa shape index (κ3) is 3.25. The summed E-state index contributed by atoms with van der Waals surface area (Å²) in [5, 5.41) is 9.58. The van der Waals surface area contributed by atoms with Crippen LogP contribution in [0.15, 0.2) is 95.2 Å². The Balaban J connectivity index is 1.65. The lowest BCUT2D eigenvalue weighted by Crippen LogP contribution is -2.36. The standard InChI is InChI=1S/C28H22N2O2/c31-18-22-10-3-6-14-25(22)28(19-32)17-16-21-9-2-5-13-24(21)27(28)30-29-26-15-7-11-20-8-1-4-12-23(20)26/h1-14,16-19,26-27H,15H2. The molecule has 3 atom stereocenters. The summed E-state index contributed by atoms with van der Waals surface area (Å²) in [5.74, 6) is 0. The van der Waals surface area contributed by atoms with Crippen molar-refractivity contribution in [3.8, 4) is 0 Å². The first kappa shape index (κ1) is 20.0.